The third kappa shape index (κ3) is 6.54. The van der Waals surface area contributed by atoms with E-state index in [-0.39, 0.29) is 18.1 Å². The van der Waals surface area contributed by atoms with E-state index in [2.05, 4.69) is 10.3 Å². The van der Waals surface area contributed by atoms with Gasteiger partial charge in [-0.2, -0.15) is 0 Å². The summed E-state index contributed by atoms with van der Waals surface area (Å²) >= 11 is 0. The number of hydrogen-bond donors (Lipinski definition) is 1. The van der Waals surface area contributed by atoms with Crippen molar-refractivity contribution in [1.82, 2.24) is 10.3 Å². The quantitative estimate of drug-likeness (QED) is 0.743. The molecule has 1 aliphatic rings. The highest BCUT2D eigenvalue weighted by molar-refractivity contribution is 5.93. The Balaban J connectivity index is 1.71. The monoisotopic (exact) mass is 322 g/mol. The van der Waals surface area contributed by atoms with Gasteiger partial charge in [0.2, 0.25) is 5.88 Å². The van der Waals surface area contributed by atoms with Crippen LogP contribution in [0.5, 0.6) is 5.88 Å². The smallest absolute Gasteiger partial charge is 0.252 e. The zero-order chi connectivity index (χ0) is 16.5. The fraction of sp³-hybridized carbons (Fsp3) is 0.647. The van der Waals surface area contributed by atoms with Gasteiger partial charge in [0.1, 0.15) is 6.10 Å². The fourth-order valence-corrected chi connectivity index (χ4v) is 2.24. The Morgan fingerprint density at radius 3 is 2.83 bits per heavy atom. The van der Waals surface area contributed by atoms with Gasteiger partial charge in [0.05, 0.1) is 24.9 Å². The molecule has 23 heavy (non-hydrogen) atoms. The molecule has 2 heterocycles. The highest BCUT2D eigenvalue weighted by Gasteiger charge is 2.16. The Morgan fingerprint density at radius 2 is 2.17 bits per heavy atom. The molecule has 0 aliphatic carbocycles. The van der Waals surface area contributed by atoms with Crippen LogP contribution in [0.3, 0.4) is 0 Å². The van der Waals surface area contributed by atoms with Crippen LogP contribution in [0.2, 0.25) is 0 Å². The highest BCUT2D eigenvalue weighted by atomic mass is 16.5. The van der Waals surface area contributed by atoms with Gasteiger partial charge < -0.3 is 19.5 Å². The lowest BCUT2D eigenvalue weighted by Gasteiger charge is -2.22. The number of ether oxygens (including phenoxy) is 3. The molecule has 0 saturated carbocycles. The van der Waals surface area contributed by atoms with E-state index in [1.54, 1.807) is 18.3 Å². The Labute approximate surface area is 137 Å². The molecular weight excluding hydrogens is 296 g/mol. The molecule has 6 heteroatoms. The normalized spacial score (nSPS) is 15.6. The maximum absolute atomic E-state index is 12.0. The van der Waals surface area contributed by atoms with E-state index in [0.717, 1.165) is 32.5 Å². The molecule has 2 rings (SSSR count). The van der Waals surface area contributed by atoms with Crippen molar-refractivity contribution in [3.05, 3.63) is 23.9 Å². The molecular formula is C17H26N2O4. The second-order valence-electron chi connectivity index (χ2n) is 5.84. The maximum Gasteiger partial charge on any atom is 0.252 e. The van der Waals surface area contributed by atoms with Crippen molar-refractivity contribution in [3.63, 3.8) is 0 Å². The van der Waals surface area contributed by atoms with Crippen LogP contribution in [-0.2, 0) is 9.47 Å². The first-order valence-corrected chi connectivity index (χ1v) is 8.25. The predicted octanol–water partition coefficient (Wildman–Crippen LogP) is 2.18. The standard InChI is InChI=1S/C17H26N2O4/c1-13(2)22-9-3-8-18-17(20)14-4-5-16(19-12-14)23-15-6-10-21-11-7-15/h4-5,12-13,15H,3,6-11H2,1-2H3,(H,18,20). The van der Waals surface area contributed by atoms with Crippen LogP contribution in [0.15, 0.2) is 18.3 Å². The van der Waals surface area contributed by atoms with Gasteiger partial charge >= 0.3 is 0 Å². The number of pyridine rings is 1. The Kier molecular flexibility index (Phi) is 7.29. The molecule has 1 fully saturated rings. The van der Waals surface area contributed by atoms with Gasteiger partial charge in [-0.1, -0.05) is 0 Å². The Hall–Kier alpha value is -1.66. The second-order valence-corrected chi connectivity index (χ2v) is 5.84. The van der Waals surface area contributed by atoms with Crippen molar-refractivity contribution in [3.8, 4) is 5.88 Å². The van der Waals surface area contributed by atoms with Gasteiger partial charge in [-0.05, 0) is 26.3 Å². The van der Waals surface area contributed by atoms with Crippen molar-refractivity contribution >= 4 is 5.91 Å². The lowest BCUT2D eigenvalue weighted by atomic mass is 10.1. The van der Waals surface area contributed by atoms with Crippen LogP contribution >= 0.6 is 0 Å². The first-order valence-electron chi connectivity index (χ1n) is 8.25. The molecule has 128 valence electrons. The SMILES string of the molecule is CC(C)OCCCNC(=O)c1ccc(OC2CCOCC2)nc1. The molecule has 0 radical (unpaired) electrons. The van der Waals surface area contributed by atoms with Gasteiger partial charge in [-0.3, -0.25) is 4.79 Å². The number of nitrogens with zero attached hydrogens (tertiary/aromatic N) is 1. The van der Waals surface area contributed by atoms with Crippen LogP contribution in [0.25, 0.3) is 0 Å². The number of carbonyl (C=O) groups excluding carboxylic acids is 1. The van der Waals surface area contributed by atoms with Crippen molar-refractivity contribution in [2.24, 2.45) is 0 Å². The summed E-state index contributed by atoms with van der Waals surface area (Å²) in [5.41, 5.74) is 0.536. The molecule has 0 spiro atoms. The van der Waals surface area contributed by atoms with Crippen LogP contribution in [0, 0.1) is 0 Å². The van der Waals surface area contributed by atoms with Gasteiger partial charge in [-0.15, -0.1) is 0 Å². The second kappa shape index (κ2) is 9.47. The molecule has 1 N–H and O–H groups in total. The molecule has 0 atom stereocenters. The van der Waals surface area contributed by atoms with Gasteiger partial charge in [0.15, 0.2) is 0 Å². The first-order chi connectivity index (χ1) is 11.1. The zero-order valence-corrected chi connectivity index (χ0v) is 13.9. The minimum absolute atomic E-state index is 0.125. The number of hydrogen-bond acceptors (Lipinski definition) is 5. The van der Waals surface area contributed by atoms with Crippen LogP contribution in [-0.4, -0.2) is 49.5 Å². The lowest BCUT2D eigenvalue weighted by molar-refractivity contribution is 0.0237. The van der Waals surface area contributed by atoms with E-state index in [0.29, 0.717) is 24.6 Å². The van der Waals surface area contributed by atoms with Gasteiger partial charge in [0, 0.05) is 38.3 Å². The van der Waals surface area contributed by atoms with Gasteiger partial charge in [-0.25, -0.2) is 4.98 Å². The molecule has 1 saturated heterocycles. The van der Waals surface area contributed by atoms with Crippen LogP contribution in [0.1, 0.15) is 43.5 Å². The Bertz CT molecular complexity index is 470. The molecule has 0 unspecified atom stereocenters. The summed E-state index contributed by atoms with van der Waals surface area (Å²) < 4.78 is 16.5. The summed E-state index contributed by atoms with van der Waals surface area (Å²) in [6.07, 6.45) is 4.47. The van der Waals surface area contributed by atoms with Crippen molar-refractivity contribution < 1.29 is 19.0 Å². The summed E-state index contributed by atoms with van der Waals surface area (Å²) in [5.74, 6) is 0.429. The zero-order valence-electron chi connectivity index (χ0n) is 13.9. The van der Waals surface area contributed by atoms with E-state index in [9.17, 15) is 4.79 Å². The number of aromatic nitrogens is 1. The molecule has 6 nitrogen and oxygen atoms in total. The minimum atomic E-state index is -0.125. The third-order valence-corrected chi connectivity index (χ3v) is 3.51. The molecule has 1 amide bonds. The van der Waals surface area contributed by atoms with E-state index in [1.807, 2.05) is 13.8 Å². The molecule has 0 aromatic carbocycles. The number of nitrogens with one attached hydrogen (secondary N) is 1. The highest BCUT2D eigenvalue weighted by Crippen LogP contribution is 2.15. The molecule has 0 bridgehead atoms. The minimum Gasteiger partial charge on any atom is -0.474 e. The first kappa shape index (κ1) is 17.7. The molecule has 1 aromatic heterocycles. The summed E-state index contributed by atoms with van der Waals surface area (Å²) in [4.78, 5) is 16.2. The Morgan fingerprint density at radius 1 is 1.39 bits per heavy atom. The van der Waals surface area contributed by atoms with Crippen LogP contribution in [0.4, 0.5) is 0 Å². The summed E-state index contributed by atoms with van der Waals surface area (Å²) in [6.45, 7) is 6.68. The third-order valence-electron chi connectivity index (χ3n) is 3.51. The van der Waals surface area contributed by atoms with E-state index >= 15 is 0 Å². The summed E-state index contributed by atoms with van der Waals surface area (Å²) in [6, 6.07) is 3.48. The van der Waals surface area contributed by atoms with Crippen LogP contribution < -0.4 is 10.1 Å². The molecule has 1 aromatic rings. The fourth-order valence-electron chi connectivity index (χ4n) is 2.24. The average Bonchev–Trinajstić information content (AvgIpc) is 2.56. The lowest BCUT2D eigenvalue weighted by Crippen LogP contribution is -2.27. The van der Waals surface area contributed by atoms with E-state index in [4.69, 9.17) is 14.2 Å². The van der Waals surface area contributed by atoms with Gasteiger partial charge in [0.25, 0.3) is 5.91 Å². The summed E-state index contributed by atoms with van der Waals surface area (Å²) in [7, 11) is 0. The number of amides is 1. The molecule has 1 aliphatic heterocycles. The van der Waals surface area contributed by atoms with Crippen molar-refractivity contribution in [2.75, 3.05) is 26.4 Å². The number of rotatable bonds is 8. The summed E-state index contributed by atoms with van der Waals surface area (Å²) in [5, 5.41) is 2.86. The van der Waals surface area contributed by atoms with Crippen molar-refractivity contribution in [1.29, 1.82) is 0 Å². The predicted molar refractivity (Wildman–Crippen MR) is 86.7 cm³/mol. The van der Waals surface area contributed by atoms with E-state index in [1.165, 1.54) is 0 Å². The largest absolute Gasteiger partial charge is 0.474 e. The van der Waals surface area contributed by atoms with E-state index < -0.39 is 0 Å². The topological polar surface area (TPSA) is 69.7 Å². The van der Waals surface area contributed by atoms with Crippen molar-refractivity contribution in [2.45, 2.75) is 45.3 Å². The number of carbonyl (C=O) groups is 1. The average molecular weight is 322 g/mol. The maximum atomic E-state index is 12.0.